The Morgan fingerprint density at radius 2 is 0.921 bits per heavy atom. The lowest BCUT2D eigenvalue weighted by Gasteiger charge is -1.96. The highest BCUT2D eigenvalue weighted by Gasteiger charge is 2.18. The number of hydrogen-bond donors (Lipinski definition) is 0. The predicted molar refractivity (Wildman–Crippen MR) is 137 cm³/mol. The van der Waals surface area contributed by atoms with Crippen LogP contribution in [0, 0.1) is 0 Å². The number of fused-ring (bicyclic) bond motifs is 3. The maximum Gasteiger partial charge on any atom is 0.265 e. The van der Waals surface area contributed by atoms with Crippen molar-refractivity contribution in [1.29, 1.82) is 0 Å². The van der Waals surface area contributed by atoms with Crippen molar-refractivity contribution in [3.8, 4) is 46.2 Å². The van der Waals surface area contributed by atoms with E-state index in [-0.39, 0.29) is 0 Å². The maximum atomic E-state index is 6.01. The fourth-order valence-electron chi connectivity index (χ4n) is 4.31. The molecule has 6 aromatic heterocycles. The Morgan fingerprint density at radius 1 is 0.474 bits per heavy atom. The van der Waals surface area contributed by atoms with E-state index < -0.39 is 0 Å². The van der Waals surface area contributed by atoms with E-state index >= 15 is 0 Å². The molecule has 2 aromatic carbocycles. The number of nitrogens with zero attached hydrogens (tertiary/aromatic N) is 6. The Bertz CT molecular complexity index is 1870. The second-order valence-electron chi connectivity index (χ2n) is 8.56. The van der Waals surface area contributed by atoms with Gasteiger partial charge in [0.05, 0.1) is 12.4 Å². The molecule has 0 amide bonds. The zero-order valence-electron chi connectivity index (χ0n) is 19.4. The van der Waals surface area contributed by atoms with Crippen LogP contribution in [0.5, 0.6) is 0 Å². The molecular weight excluding hydrogens is 484 g/mol. The largest absolute Gasteiger partial charge is 0.434 e. The molecule has 0 unspecified atom stereocenters. The number of pyridine rings is 2. The monoisotopic (exact) mass is 498 g/mol. The topological polar surface area (TPSA) is 130 Å². The second-order valence-corrected chi connectivity index (χ2v) is 8.56. The van der Waals surface area contributed by atoms with Gasteiger partial charge in [0, 0.05) is 35.9 Å². The van der Waals surface area contributed by atoms with Gasteiger partial charge in [0.15, 0.2) is 11.2 Å². The molecule has 0 bridgehead atoms. The van der Waals surface area contributed by atoms with Crippen LogP contribution in [-0.2, 0) is 0 Å². The average Bonchev–Trinajstić information content (AvgIpc) is 3.76. The summed E-state index contributed by atoms with van der Waals surface area (Å²) in [5, 5.41) is 1.86. The smallest absolute Gasteiger partial charge is 0.265 e. The molecule has 10 nitrogen and oxygen atoms in total. The van der Waals surface area contributed by atoms with E-state index in [1.54, 1.807) is 37.2 Å². The van der Waals surface area contributed by atoms with Gasteiger partial charge in [-0.25, -0.2) is 19.9 Å². The van der Waals surface area contributed by atoms with Crippen LogP contribution in [0.1, 0.15) is 0 Å². The first-order valence-electron chi connectivity index (χ1n) is 11.6. The lowest BCUT2D eigenvalue weighted by Crippen LogP contribution is -1.76. The number of hydrogen-bond acceptors (Lipinski definition) is 10. The van der Waals surface area contributed by atoms with Crippen LogP contribution in [0.25, 0.3) is 79.2 Å². The molecule has 180 valence electrons. The summed E-state index contributed by atoms with van der Waals surface area (Å²) < 4.78 is 23.8. The number of aromatic nitrogens is 6. The lowest BCUT2D eigenvalue weighted by atomic mass is 10.1. The van der Waals surface area contributed by atoms with Crippen LogP contribution in [-0.4, -0.2) is 29.9 Å². The first-order chi connectivity index (χ1) is 18.8. The molecule has 38 heavy (non-hydrogen) atoms. The molecule has 0 aliphatic carbocycles. The van der Waals surface area contributed by atoms with Crippen molar-refractivity contribution in [3.63, 3.8) is 0 Å². The summed E-state index contributed by atoms with van der Waals surface area (Å²) in [6, 6.07) is 15.0. The van der Waals surface area contributed by atoms with Gasteiger partial charge in [-0.1, -0.05) is 0 Å². The SMILES string of the molecule is c1cc(-c2ncc(-c3nc4cc5cc6oc(-c7cnc(-c8ccncc8)o7)nc6cc5cc4o3)o2)ccn1. The molecule has 0 saturated heterocycles. The third kappa shape index (κ3) is 3.35. The molecular formula is C28H14N6O4. The Balaban J connectivity index is 1.15. The van der Waals surface area contributed by atoms with Gasteiger partial charge >= 0.3 is 0 Å². The van der Waals surface area contributed by atoms with Crippen LogP contribution in [0.3, 0.4) is 0 Å². The predicted octanol–water partition coefficient (Wildman–Crippen LogP) is 6.56. The van der Waals surface area contributed by atoms with Crippen LogP contribution in [0.2, 0.25) is 0 Å². The van der Waals surface area contributed by atoms with E-state index in [1.165, 1.54) is 0 Å². The van der Waals surface area contributed by atoms with Crippen molar-refractivity contribution < 1.29 is 17.7 Å². The van der Waals surface area contributed by atoms with Crippen molar-refractivity contribution in [1.82, 2.24) is 29.9 Å². The highest BCUT2D eigenvalue weighted by molar-refractivity contribution is 6.01. The van der Waals surface area contributed by atoms with Gasteiger partial charge in [-0.15, -0.1) is 0 Å². The fourth-order valence-corrected chi connectivity index (χ4v) is 4.31. The molecule has 0 radical (unpaired) electrons. The third-order valence-electron chi connectivity index (χ3n) is 6.14. The summed E-state index contributed by atoms with van der Waals surface area (Å²) in [7, 11) is 0. The highest BCUT2D eigenvalue weighted by Crippen LogP contribution is 2.34. The summed E-state index contributed by atoms with van der Waals surface area (Å²) >= 11 is 0. The fraction of sp³-hybridized carbons (Fsp3) is 0. The van der Waals surface area contributed by atoms with Gasteiger partial charge in [0.25, 0.3) is 11.8 Å². The number of rotatable bonds is 4. The van der Waals surface area contributed by atoms with Gasteiger partial charge < -0.3 is 17.7 Å². The number of benzene rings is 2. The first-order valence-corrected chi connectivity index (χ1v) is 11.6. The van der Waals surface area contributed by atoms with Gasteiger partial charge in [-0.05, 0) is 59.3 Å². The Morgan fingerprint density at radius 3 is 1.37 bits per heavy atom. The number of oxazole rings is 4. The molecule has 0 atom stereocenters. The van der Waals surface area contributed by atoms with Gasteiger partial charge in [0.2, 0.25) is 23.3 Å². The second kappa shape index (κ2) is 7.93. The zero-order chi connectivity index (χ0) is 25.1. The van der Waals surface area contributed by atoms with E-state index in [4.69, 9.17) is 17.7 Å². The molecule has 0 saturated carbocycles. The van der Waals surface area contributed by atoms with Crippen molar-refractivity contribution in [2.24, 2.45) is 0 Å². The zero-order valence-corrected chi connectivity index (χ0v) is 19.4. The normalized spacial score (nSPS) is 11.7. The maximum absolute atomic E-state index is 6.01. The Labute approximate surface area is 212 Å². The summed E-state index contributed by atoms with van der Waals surface area (Å²) in [5.74, 6) is 2.52. The molecule has 0 spiro atoms. The van der Waals surface area contributed by atoms with E-state index in [0.717, 1.165) is 21.9 Å². The third-order valence-corrected chi connectivity index (χ3v) is 6.14. The first kappa shape index (κ1) is 20.5. The molecule has 0 N–H and O–H groups in total. The lowest BCUT2D eigenvalue weighted by molar-refractivity contribution is 0.540. The Hall–Kier alpha value is -5.64. The van der Waals surface area contributed by atoms with E-state index in [9.17, 15) is 0 Å². The van der Waals surface area contributed by atoms with E-state index in [0.29, 0.717) is 57.3 Å². The molecule has 6 heterocycles. The molecule has 10 heteroatoms. The summed E-state index contributed by atoms with van der Waals surface area (Å²) in [6.07, 6.45) is 9.94. The van der Waals surface area contributed by atoms with Crippen molar-refractivity contribution >= 4 is 33.0 Å². The van der Waals surface area contributed by atoms with Crippen LogP contribution in [0.4, 0.5) is 0 Å². The summed E-state index contributed by atoms with van der Waals surface area (Å²) in [4.78, 5) is 26.0. The molecule has 8 aromatic rings. The van der Waals surface area contributed by atoms with Gasteiger partial charge in [0.1, 0.15) is 11.0 Å². The summed E-state index contributed by atoms with van der Waals surface area (Å²) in [5.41, 5.74) is 4.25. The molecule has 0 fully saturated rings. The van der Waals surface area contributed by atoms with Crippen molar-refractivity contribution in [2.75, 3.05) is 0 Å². The standard InChI is InChI=1S/C28H14N6O4/c1-5-29-6-2-15(1)25-31-13-23(37-25)27-33-19-9-17-12-22-20(10-18(17)11-21(19)35-27)34-28(36-22)24-14-32-26(38-24)16-3-7-30-8-4-16/h1-14H. The quantitative estimate of drug-likeness (QED) is 0.263. The Kier molecular flexibility index (Phi) is 4.29. The molecule has 8 rings (SSSR count). The summed E-state index contributed by atoms with van der Waals surface area (Å²) in [6.45, 7) is 0. The minimum absolute atomic E-state index is 0.350. The van der Waals surface area contributed by atoms with Crippen LogP contribution < -0.4 is 0 Å². The minimum Gasteiger partial charge on any atom is -0.434 e. The minimum atomic E-state index is 0.350. The van der Waals surface area contributed by atoms with Gasteiger partial charge in [-0.2, -0.15) is 0 Å². The van der Waals surface area contributed by atoms with Crippen molar-refractivity contribution in [2.45, 2.75) is 0 Å². The van der Waals surface area contributed by atoms with Crippen LogP contribution >= 0.6 is 0 Å². The van der Waals surface area contributed by atoms with E-state index in [2.05, 4.69) is 29.9 Å². The van der Waals surface area contributed by atoms with E-state index in [1.807, 2.05) is 48.5 Å². The molecule has 0 aliphatic heterocycles. The average molecular weight is 498 g/mol. The molecule has 0 aliphatic rings. The van der Waals surface area contributed by atoms with Crippen molar-refractivity contribution in [3.05, 3.63) is 85.7 Å². The highest BCUT2D eigenvalue weighted by atomic mass is 16.4. The van der Waals surface area contributed by atoms with Crippen LogP contribution in [0.15, 0.2) is 103 Å². The van der Waals surface area contributed by atoms with Gasteiger partial charge in [-0.3, -0.25) is 9.97 Å².